The van der Waals surface area contributed by atoms with Gasteiger partial charge in [-0.15, -0.1) is 11.3 Å². The molecule has 6 heteroatoms. The third kappa shape index (κ3) is 3.80. The van der Waals surface area contributed by atoms with Crippen molar-refractivity contribution in [2.45, 2.75) is 0 Å². The number of pyridine rings is 1. The van der Waals surface area contributed by atoms with Crippen LogP contribution in [0.25, 0.3) is 21.8 Å². The fourth-order valence-corrected chi connectivity index (χ4v) is 3.54. The van der Waals surface area contributed by atoms with Gasteiger partial charge in [-0.05, 0) is 42.5 Å². The zero-order valence-electron chi connectivity index (χ0n) is 14.7. The molecule has 0 fully saturated rings. The minimum absolute atomic E-state index is 0.261. The quantitative estimate of drug-likeness (QED) is 0.539. The Balaban J connectivity index is 1.56. The number of aromatic nitrogens is 2. The molecule has 4 aromatic rings. The van der Waals surface area contributed by atoms with Crippen molar-refractivity contribution in [3.63, 3.8) is 0 Å². The van der Waals surface area contributed by atoms with Crippen LogP contribution in [0.15, 0.2) is 78.4 Å². The Morgan fingerprint density at radius 1 is 1.04 bits per heavy atom. The Labute approximate surface area is 166 Å². The zero-order chi connectivity index (χ0) is 19.3. The van der Waals surface area contributed by atoms with Crippen LogP contribution in [-0.4, -0.2) is 15.9 Å². The highest BCUT2D eigenvalue weighted by molar-refractivity contribution is 7.13. The maximum Gasteiger partial charge on any atom is 0.255 e. The van der Waals surface area contributed by atoms with Gasteiger partial charge in [0.1, 0.15) is 5.01 Å². The summed E-state index contributed by atoms with van der Waals surface area (Å²) in [4.78, 5) is 21.3. The van der Waals surface area contributed by atoms with Crippen molar-refractivity contribution in [2.24, 2.45) is 0 Å². The van der Waals surface area contributed by atoms with Crippen molar-refractivity contribution < 1.29 is 4.79 Å². The first-order chi connectivity index (χ1) is 13.7. The lowest BCUT2D eigenvalue weighted by atomic mass is 10.1. The molecule has 0 aliphatic heterocycles. The van der Waals surface area contributed by atoms with Crippen LogP contribution in [-0.2, 0) is 0 Å². The number of rotatable bonds is 4. The van der Waals surface area contributed by atoms with Crippen LogP contribution in [0.2, 0.25) is 0 Å². The van der Waals surface area contributed by atoms with Gasteiger partial charge in [-0.25, -0.2) is 4.98 Å². The van der Waals surface area contributed by atoms with Crippen molar-refractivity contribution in [3.8, 4) is 27.9 Å². The van der Waals surface area contributed by atoms with Gasteiger partial charge in [0.05, 0.1) is 17.3 Å². The third-order valence-electron chi connectivity index (χ3n) is 4.08. The number of amides is 1. The first-order valence-corrected chi connectivity index (χ1v) is 9.39. The average molecular weight is 382 g/mol. The van der Waals surface area contributed by atoms with Gasteiger partial charge in [-0.2, -0.15) is 5.26 Å². The molecule has 0 bridgehead atoms. The van der Waals surface area contributed by atoms with Crippen molar-refractivity contribution in [3.05, 3.63) is 89.6 Å². The molecule has 0 unspecified atom stereocenters. The van der Waals surface area contributed by atoms with Crippen LogP contribution in [0.5, 0.6) is 0 Å². The SMILES string of the molecule is N#Cc1cccc(C(=O)Nc2cccc(-c3csc(-c4cccnc4)n3)c2)c1. The van der Waals surface area contributed by atoms with Crippen LogP contribution >= 0.6 is 11.3 Å². The van der Waals surface area contributed by atoms with Gasteiger partial charge in [0, 0.05) is 40.2 Å². The molecule has 4 rings (SSSR count). The number of hydrogen-bond donors (Lipinski definition) is 1. The summed E-state index contributed by atoms with van der Waals surface area (Å²) in [6.07, 6.45) is 3.52. The lowest BCUT2D eigenvalue weighted by Gasteiger charge is -2.07. The number of nitrogens with zero attached hydrogens (tertiary/aromatic N) is 3. The number of thiazole rings is 1. The summed E-state index contributed by atoms with van der Waals surface area (Å²) in [6.45, 7) is 0. The van der Waals surface area contributed by atoms with E-state index in [2.05, 4.69) is 15.3 Å². The first-order valence-electron chi connectivity index (χ1n) is 8.51. The summed E-state index contributed by atoms with van der Waals surface area (Å²) in [7, 11) is 0. The predicted molar refractivity (Wildman–Crippen MR) is 110 cm³/mol. The highest BCUT2D eigenvalue weighted by atomic mass is 32.1. The van der Waals surface area contributed by atoms with E-state index in [0.717, 1.165) is 21.8 Å². The van der Waals surface area contributed by atoms with Gasteiger partial charge in [0.25, 0.3) is 5.91 Å². The van der Waals surface area contributed by atoms with Gasteiger partial charge in [0.15, 0.2) is 0 Å². The van der Waals surface area contributed by atoms with E-state index in [1.807, 2.05) is 47.8 Å². The molecule has 2 aromatic heterocycles. The van der Waals surface area contributed by atoms with Gasteiger partial charge in [-0.1, -0.05) is 18.2 Å². The predicted octanol–water partition coefficient (Wildman–Crippen LogP) is 5.00. The summed E-state index contributed by atoms with van der Waals surface area (Å²) in [5.74, 6) is -0.261. The van der Waals surface area contributed by atoms with Crippen molar-refractivity contribution in [1.29, 1.82) is 5.26 Å². The number of carbonyl (C=O) groups excluding carboxylic acids is 1. The van der Waals surface area contributed by atoms with E-state index in [1.165, 1.54) is 0 Å². The molecule has 0 spiro atoms. The molecule has 0 atom stereocenters. The smallest absolute Gasteiger partial charge is 0.255 e. The molecule has 28 heavy (non-hydrogen) atoms. The standard InChI is InChI=1S/C22H14N4OS/c23-12-15-4-1-6-17(10-15)21(27)25-19-8-2-5-16(11-19)20-14-28-22(26-20)18-7-3-9-24-13-18/h1-11,13-14H,(H,25,27). The van der Waals surface area contributed by atoms with Crippen molar-refractivity contribution in [2.75, 3.05) is 5.32 Å². The fourth-order valence-electron chi connectivity index (χ4n) is 2.72. The van der Waals surface area contributed by atoms with E-state index in [-0.39, 0.29) is 5.91 Å². The number of nitriles is 1. The lowest BCUT2D eigenvalue weighted by molar-refractivity contribution is 0.102. The summed E-state index contributed by atoms with van der Waals surface area (Å²) in [6, 6.07) is 20.0. The van der Waals surface area contributed by atoms with Gasteiger partial charge < -0.3 is 5.32 Å². The normalized spacial score (nSPS) is 10.2. The molecular formula is C22H14N4OS. The summed E-state index contributed by atoms with van der Waals surface area (Å²) in [5, 5.41) is 14.7. The lowest BCUT2D eigenvalue weighted by Crippen LogP contribution is -2.11. The van der Waals surface area contributed by atoms with E-state index < -0.39 is 0 Å². The highest BCUT2D eigenvalue weighted by Gasteiger charge is 2.10. The molecule has 0 aliphatic carbocycles. The van der Waals surface area contributed by atoms with E-state index in [1.54, 1.807) is 48.0 Å². The Hall–Kier alpha value is -3.82. The summed E-state index contributed by atoms with van der Waals surface area (Å²) in [5.41, 5.74) is 4.28. The highest BCUT2D eigenvalue weighted by Crippen LogP contribution is 2.29. The molecule has 0 saturated carbocycles. The summed E-state index contributed by atoms with van der Waals surface area (Å²) < 4.78 is 0. The maximum absolute atomic E-state index is 12.5. The van der Waals surface area contributed by atoms with Gasteiger partial charge >= 0.3 is 0 Å². The largest absolute Gasteiger partial charge is 0.322 e. The number of carbonyl (C=O) groups is 1. The van der Waals surface area contributed by atoms with Crippen molar-refractivity contribution in [1.82, 2.24) is 9.97 Å². The zero-order valence-corrected chi connectivity index (χ0v) is 15.5. The molecule has 0 aliphatic rings. The number of benzene rings is 2. The molecule has 5 nitrogen and oxygen atoms in total. The van der Waals surface area contributed by atoms with Gasteiger partial charge in [0.2, 0.25) is 0 Å². The van der Waals surface area contributed by atoms with E-state index >= 15 is 0 Å². The van der Waals surface area contributed by atoms with E-state index in [4.69, 9.17) is 5.26 Å². The topological polar surface area (TPSA) is 78.7 Å². The van der Waals surface area contributed by atoms with Crippen LogP contribution in [0.4, 0.5) is 5.69 Å². The Bertz CT molecular complexity index is 1180. The Morgan fingerprint density at radius 2 is 1.89 bits per heavy atom. The Morgan fingerprint density at radius 3 is 2.71 bits per heavy atom. The molecule has 1 N–H and O–H groups in total. The van der Waals surface area contributed by atoms with Crippen LogP contribution in [0.1, 0.15) is 15.9 Å². The van der Waals surface area contributed by atoms with Crippen molar-refractivity contribution >= 4 is 22.9 Å². The molecule has 134 valence electrons. The molecule has 2 heterocycles. The van der Waals surface area contributed by atoms with Crippen LogP contribution in [0.3, 0.4) is 0 Å². The molecular weight excluding hydrogens is 368 g/mol. The third-order valence-corrected chi connectivity index (χ3v) is 4.97. The number of nitrogens with one attached hydrogen (secondary N) is 1. The number of anilines is 1. The second-order valence-corrected chi connectivity index (χ2v) is 6.87. The molecule has 1 amide bonds. The van der Waals surface area contributed by atoms with E-state index in [0.29, 0.717) is 16.8 Å². The minimum Gasteiger partial charge on any atom is -0.322 e. The fraction of sp³-hybridized carbons (Fsp3) is 0. The van der Waals surface area contributed by atoms with Gasteiger partial charge in [-0.3, -0.25) is 9.78 Å². The monoisotopic (exact) mass is 382 g/mol. The first kappa shape index (κ1) is 17.6. The van der Waals surface area contributed by atoms with Crippen LogP contribution in [0, 0.1) is 11.3 Å². The molecule has 0 radical (unpaired) electrons. The maximum atomic E-state index is 12.5. The molecule has 2 aromatic carbocycles. The second-order valence-electron chi connectivity index (χ2n) is 6.01. The van der Waals surface area contributed by atoms with E-state index in [9.17, 15) is 4.79 Å². The minimum atomic E-state index is -0.261. The molecule has 0 saturated heterocycles. The second kappa shape index (κ2) is 7.82. The Kier molecular flexibility index (Phi) is 4.91. The van der Waals surface area contributed by atoms with Crippen LogP contribution < -0.4 is 5.32 Å². The summed E-state index contributed by atoms with van der Waals surface area (Å²) >= 11 is 1.55. The average Bonchev–Trinajstić information content (AvgIpc) is 3.25. The number of hydrogen-bond acceptors (Lipinski definition) is 5.